The first-order valence-corrected chi connectivity index (χ1v) is 9.17. The van der Waals surface area contributed by atoms with Crippen molar-refractivity contribution in [1.82, 2.24) is 4.90 Å². The van der Waals surface area contributed by atoms with Crippen LogP contribution >= 0.6 is 11.6 Å². The first-order valence-electron chi connectivity index (χ1n) is 8.79. The van der Waals surface area contributed by atoms with E-state index in [2.05, 4.69) is 5.32 Å². The molecule has 0 spiro atoms. The van der Waals surface area contributed by atoms with E-state index in [1.165, 1.54) is 0 Å². The maximum atomic E-state index is 13.2. The van der Waals surface area contributed by atoms with Gasteiger partial charge in [0.15, 0.2) is 0 Å². The zero-order valence-electron chi connectivity index (χ0n) is 14.6. The Morgan fingerprint density at radius 1 is 1.31 bits per heavy atom. The van der Waals surface area contributed by atoms with E-state index in [0.717, 1.165) is 30.7 Å². The largest absolute Gasteiger partial charge is 0.497 e. The Morgan fingerprint density at radius 2 is 2.15 bits per heavy atom. The van der Waals surface area contributed by atoms with Crippen LogP contribution in [-0.4, -0.2) is 37.2 Å². The standard InChI is InChI=1S/C20H21ClN2O3/c1-25-13-8-9-15(17(21)11-13)19-22-18-7-3-2-6-16(18)20(24)23(19)12-14-5-4-10-26-14/h2-3,6-9,11,14,19,22H,4-5,10,12H2,1H3/t14-,19+/m1/s1. The molecular weight excluding hydrogens is 352 g/mol. The lowest BCUT2D eigenvalue weighted by Crippen LogP contribution is -2.46. The molecule has 2 heterocycles. The number of carbonyl (C=O) groups is 1. The molecule has 136 valence electrons. The summed E-state index contributed by atoms with van der Waals surface area (Å²) in [4.78, 5) is 15.0. The number of hydrogen-bond donors (Lipinski definition) is 1. The number of hydrogen-bond acceptors (Lipinski definition) is 4. The highest BCUT2D eigenvalue weighted by molar-refractivity contribution is 6.31. The van der Waals surface area contributed by atoms with Gasteiger partial charge in [-0.05, 0) is 43.2 Å². The number of benzene rings is 2. The molecule has 6 heteroatoms. The van der Waals surface area contributed by atoms with Gasteiger partial charge in [-0.15, -0.1) is 0 Å². The Bertz CT molecular complexity index is 820. The molecule has 0 saturated carbocycles. The molecule has 0 radical (unpaired) electrons. The summed E-state index contributed by atoms with van der Waals surface area (Å²) in [5.41, 5.74) is 2.33. The van der Waals surface area contributed by atoms with Crippen molar-refractivity contribution < 1.29 is 14.3 Å². The van der Waals surface area contributed by atoms with E-state index < -0.39 is 0 Å². The summed E-state index contributed by atoms with van der Waals surface area (Å²) in [6, 6.07) is 13.1. The van der Waals surface area contributed by atoms with E-state index in [9.17, 15) is 4.79 Å². The molecule has 2 aromatic rings. The molecule has 4 rings (SSSR count). The molecule has 1 amide bonds. The minimum Gasteiger partial charge on any atom is -0.497 e. The molecule has 1 N–H and O–H groups in total. The minimum atomic E-state index is -0.347. The molecule has 0 aromatic heterocycles. The van der Waals surface area contributed by atoms with Gasteiger partial charge >= 0.3 is 0 Å². The van der Waals surface area contributed by atoms with Crippen molar-refractivity contribution in [3.05, 3.63) is 58.6 Å². The number of nitrogens with zero attached hydrogens (tertiary/aromatic N) is 1. The average molecular weight is 373 g/mol. The van der Waals surface area contributed by atoms with Gasteiger partial charge in [0.1, 0.15) is 11.9 Å². The van der Waals surface area contributed by atoms with Gasteiger partial charge in [0.25, 0.3) is 5.91 Å². The summed E-state index contributed by atoms with van der Waals surface area (Å²) in [5.74, 6) is 0.679. The van der Waals surface area contributed by atoms with Gasteiger partial charge in [0.2, 0.25) is 0 Å². The van der Waals surface area contributed by atoms with Crippen LogP contribution in [0.15, 0.2) is 42.5 Å². The third-order valence-electron chi connectivity index (χ3n) is 4.95. The Hall–Kier alpha value is -2.24. The molecule has 0 unspecified atom stereocenters. The van der Waals surface area contributed by atoms with E-state index >= 15 is 0 Å². The van der Waals surface area contributed by atoms with Crippen LogP contribution in [0.3, 0.4) is 0 Å². The molecule has 26 heavy (non-hydrogen) atoms. The SMILES string of the molecule is COc1ccc([C@H]2Nc3ccccc3C(=O)N2C[C@H]2CCCO2)c(Cl)c1. The smallest absolute Gasteiger partial charge is 0.257 e. The molecule has 1 saturated heterocycles. The second-order valence-electron chi connectivity index (χ2n) is 6.57. The van der Waals surface area contributed by atoms with E-state index in [-0.39, 0.29) is 18.2 Å². The summed E-state index contributed by atoms with van der Waals surface area (Å²) in [6.45, 7) is 1.29. The summed E-state index contributed by atoms with van der Waals surface area (Å²) < 4.78 is 11.0. The van der Waals surface area contributed by atoms with Crippen molar-refractivity contribution in [2.45, 2.75) is 25.1 Å². The average Bonchev–Trinajstić information content (AvgIpc) is 3.17. The number of anilines is 1. The molecule has 1 fully saturated rings. The molecule has 5 nitrogen and oxygen atoms in total. The summed E-state index contributed by atoms with van der Waals surface area (Å²) >= 11 is 6.51. The Labute approximate surface area is 157 Å². The Balaban J connectivity index is 1.73. The first-order chi connectivity index (χ1) is 12.7. The van der Waals surface area contributed by atoms with Gasteiger partial charge in [-0.2, -0.15) is 0 Å². The maximum absolute atomic E-state index is 13.2. The summed E-state index contributed by atoms with van der Waals surface area (Å²) in [7, 11) is 1.60. The van der Waals surface area contributed by atoms with Crippen molar-refractivity contribution in [3.63, 3.8) is 0 Å². The molecule has 2 atom stereocenters. The number of carbonyl (C=O) groups excluding carboxylic acids is 1. The lowest BCUT2D eigenvalue weighted by Gasteiger charge is -2.39. The fraction of sp³-hybridized carbons (Fsp3) is 0.350. The maximum Gasteiger partial charge on any atom is 0.257 e. The number of rotatable bonds is 4. The number of halogens is 1. The van der Waals surface area contributed by atoms with E-state index in [1.54, 1.807) is 13.2 Å². The summed E-state index contributed by atoms with van der Waals surface area (Å²) in [6.07, 6.45) is 1.71. The van der Waals surface area contributed by atoms with Crippen LogP contribution in [0.25, 0.3) is 0 Å². The van der Waals surface area contributed by atoms with E-state index in [1.807, 2.05) is 41.3 Å². The number of fused-ring (bicyclic) bond motifs is 1. The van der Waals surface area contributed by atoms with Crippen molar-refractivity contribution >= 4 is 23.2 Å². The van der Waals surface area contributed by atoms with Gasteiger partial charge in [-0.1, -0.05) is 23.7 Å². The van der Waals surface area contributed by atoms with Gasteiger partial charge in [-0.25, -0.2) is 0 Å². The van der Waals surface area contributed by atoms with Crippen molar-refractivity contribution in [2.75, 3.05) is 25.6 Å². The van der Waals surface area contributed by atoms with Crippen molar-refractivity contribution in [1.29, 1.82) is 0 Å². The molecule has 0 bridgehead atoms. The van der Waals surface area contributed by atoms with Crippen LogP contribution in [0, 0.1) is 0 Å². The number of para-hydroxylation sites is 1. The van der Waals surface area contributed by atoms with Crippen LogP contribution in [0.4, 0.5) is 5.69 Å². The monoisotopic (exact) mass is 372 g/mol. The zero-order chi connectivity index (χ0) is 18.1. The van der Waals surface area contributed by atoms with Gasteiger partial charge in [0, 0.05) is 24.4 Å². The fourth-order valence-corrected chi connectivity index (χ4v) is 3.86. The molecule has 0 aliphatic carbocycles. The number of ether oxygens (including phenoxy) is 2. The molecule has 2 aliphatic heterocycles. The number of amides is 1. The molecular formula is C20H21ClN2O3. The molecule has 2 aliphatic rings. The zero-order valence-corrected chi connectivity index (χ0v) is 15.3. The number of methoxy groups -OCH3 is 1. The van der Waals surface area contributed by atoms with Crippen LogP contribution in [0.2, 0.25) is 5.02 Å². The second-order valence-corrected chi connectivity index (χ2v) is 6.98. The van der Waals surface area contributed by atoms with Crippen LogP contribution in [0.5, 0.6) is 5.75 Å². The third-order valence-corrected chi connectivity index (χ3v) is 5.28. The van der Waals surface area contributed by atoms with E-state index in [4.69, 9.17) is 21.1 Å². The van der Waals surface area contributed by atoms with Gasteiger partial charge < -0.3 is 19.7 Å². The van der Waals surface area contributed by atoms with Gasteiger partial charge in [-0.3, -0.25) is 4.79 Å². The van der Waals surface area contributed by atoms with Crippen LogP contribution in [-0.2, 0) is 4.74 Å². The highest BCUT2D eigenvalue weighted by atomic mass is 35.5. The second kappa shape index (κ2) is 7.17. The summed E-state index contributed by atoms with van der Waals surface area (Å²) in [5, 5.41) is 4.03. The highest BCUT2D eigenvalue weighted by Crippen LogP contribution is 2.37. The van der Waals surface area contributed by atoms with Crippen LogP contribution < -0.4 is 10.1 Å². The minimum absolute atomic E-state index is 0.00765. The lowest BCUT2D eigenvalue weighted by molar-refractivity contribution is 0.0427. The number of nitrogens with one attached hydrogen (secondary N) is 1. The topological polar surface area (TPSA) is 50.8 Å². The predicted molar refractivity (Wildman–Crippen MR) is 101 cm³/mol. The van der Waals surface area contributed by atoms with E-state index in [0.29, 0.717) is 22.9 Å². The normalized spacial score (nSPS) is 22.1. The fourth-order valence-electron chi connectivity index (χ4n) is 3.59. The van der Waals surface area contributed by atoms with Crippen LogP contribution in [0.1, 0.15) is 34.9 Å². The van der Waals surface area contributed by atoms with Gasteiger partial charge in [0.05, 0.1) is 23.8 Å². The Kier molecular flexibility index (Phi) is 4.74. The molecule has 2 aromatic carbocycles. The first kappa shape index (κ1) is 17.2. The predicted octanol–water partition coefficient (Wildman–Crippen LogP) is 4.09. The third kappa shape index (κ3) is 3.13. The van der Waals surface area contributed by atoms with Crippen molar-refractivity contribution in [2.24, 2.45) is 0 Å². The Morgan fingerprint density at radius 3 is 2.88 bits per heavy atom. The van der Waals surface area contributed by atoms with Crippen molar-refractivity contribution in [3.8, 4) is 5.75 Å². The quantitative estimate of drug-likeness (QED) is 0.878. The lowest BCUT2D eigenvalue weighted by atomic mass is 10.0. The highest BCUT2D eigenvalue weighted by Gasteiger charge is 2.36.